The fourth-order valence-electron chi connectivity index (χ4n) is 4.20. The Hall–Kier alpha value is -2.53. The van der Waals surface area contributed by atoms with Crippen molar-refractivity contribution in [3.8, 4) is 0 Å². The molecule has 0 amide bonds. The first-order chi connectivity index (χ1) is 13.6. The van der Waals surface area contributed by atoms with Gasteiger partial charge in [0, 0.05) is 49.1 Å². The maximum absolute atomic E-state index is 4.50. The van der Waals surface area contributed by atoms with Crippen molar-refractivity contribution >= 4 is 16.7 Å². The van der Waals surface area contributed by atoms with Gasteiger partial charge in [-0.2, -0.15) is 0 Å². The average molecular weight is 376 g/mol. The van der Waals surface area contributed by atoms with Gasteiger partial charge in [0.15, 0.2) is 0 Å². The molecule has 3 heterocycles. The SMILES string of the molecule is Cc1cc(N2CCC(CCN(C)Cc3ccc4nccnc4c3)C2)cc(C)n1. The van der Waals surface area contributed by atoms with Gasteiger partial charge in [0.05, 0.1) is 11.0 Å². The van der Waals surface area contributed by atoms with E-state index in [4.69, 9.17) is 0 Å². The second-order valence-electron chi connectivity index (χ2n) is 8.11. The highest BCUT2D eigenvalue weighted by Crippen LogP contribution is 2.27. The third-order valence-corrected chi connectivity index (χ3v) is 5.62. The first-order valence-electron chi connectivity index (χ1n) is 10.2. The molecule has 1 saturated heterocycles. The minimum Gasteiger partial charge on any atom is -0.371 e. The predicted octanol–water partition coefficient (Wildman–Crippen LogP) is 3.99. The lowest BCUT2D eigenvalue weighted by molar-refractivity contribution is 0.299. The molecule has 1 atom stereocenters. The normalized spacial score (nSPS) is 17.0. The zero-order chi connectivity index (χ0) is 19.5. The maximum Gasteiger partial charge on any atom is 0.0890 e. The molecule has 0 radical (unpaired) electrons. The van der Waals surface area contributed by atoms with Gasteiger partial charge in [-0.15, -0.1) is 0 Å². The summed E-state index contributed by atoms with van der Waals surface area (Å²) < 4.78 is 0. The van der Waals surface area contributed by atoms with Crippen molar-refractivity contribution in [1.29, 1.82) is 0 Å². The first-order valence-corrected chi connectivity index (χ1v) is 10.2. The fraction of sp³-hybridized carbons (Fsp3) is 0.435. The topological polar surface area (TPSA) is 45.2 Å². The van der Waals surface area contributed by atoms with Crippen LogP contribution < -0.4 is 4.90 Å². The number of fused-ring (bicyclic) bond motifs is 1. The van der Waals surface area contributed by atoms with Crippen LogP contribution in [-0.2, 0) is 6.54 Å². The molecule has 1 aromatic carbocycles. The molecular weight excluding hydrogens is 346 g/mol. The van der Waals surface area contributed by atoms with Crippen LogP contribution in [-0.4, -0.2) is 46.5 Å². The molecule has 4 rings (SSSR count). The standard InChI is InChI=1S/C23H29N5/c1-17-12-21(13-18(2)26-17)28-11-7-19(16-28)6-10-27(3)15-20-4-5-22-23(14-20)25-9-8-24-22/h4-5,8-9,12-14,19H,6-7,10-11,15-16H2,1-3H3. The van der Waals surface area contributed by atoms with E-state index in [1.54, 1.807) is 12.4 Å². The number of aryl methyl sites for hydroxylation is 2. The van der Waals surface area contributed by atoms with E-state index in [0.29, 0.717) is 0 Å². The molecule has 28 heavy (non-hydrogen) atoms. The molecule has 2 aromatic heterocycles. The number of anilines is 1. The zero-order valence-corrected chi connectivity index (χ0v) is 17.1. The first kappa shape index (κ1) is 18.8. The van der Waals surface area contributed by atoms with Crippen molar-refractivity contribution in [1.82, 2.24) is 19.9 Å². The third-order valence-electron chi connectivity index (χ3n) is 5.62. The van der Waals surface area contributed by atoms with Crippen molar-refractivity contribution in [2.75, 3.05) is 31.6 Å². The molecule has 1 aliphatic heterocycles. The summed E-state index contributed by atoms with van der Waals surface area (Å²) in [7, 11) is 2.21. The van der Waals surface area contributed by atoms with E-state index < -0.39 is 0 Å². The van der Waals surface area contributed by atoms with Crippen LogP contribution >= 0.6 is 0 Å². The third kappa shape index (κ3) is 4.47. The van der Waals surface area contributed by atoms with Crippen molar-refractivity contribution in [2.45, 2.75) is 33.2 Å². The summed E-state index contributed by atoms with van der Waals surface area (Å²) in [5.41, 5.74) is 6.78. The Morgan fingerprint density at radius 2 is 1.79 bits per heavy atom. The van der Waals surface area contributed by atoms with E-state index in [-0.39, 0.29) is 0 Å². The second-order valence-corrected chi connectivity index (χ2v) is 8.11. The van der Waals surface area contributed by atoms with Crippen LogP contribution in [0, 0.1) is 19.8 Å². The number of rotatable bonds is 6. The summed E-state index contributed by atoms with van der Waals surface area (Å²) in [6.45, 7) is 8.54. The molecule has 0 N–H and O–H groups in total. The van der Waals surface area contributed by atoms with E-state index in [9.17, 15) is 0 Å². The van der Waals surface area contributed by atoms with E-state index >= 15 is 0 Å². The van der Waals surface area contributed by atoms with Crippen LogP contribution in [0.15, 0.2) is 42.7 Å². The van der Waals surface area contributed by atoms with Gasteiger partial charge in [0.25, 0.3) is 0 Å². The monoisotopic (exact) mass is 375 g/mol. The molecule has 0 saturated carbocycles. The van der Waals surface area contributed by atoms with Gasteiger partial charge in [-0.05, 0) is 76.0 Å². The Balaban J connectivity index is 1.29. The van der Waals surface area contributed by atoms with Gasteiger partial charge in [0.1, 0.15) is 0 Å². The summed E-state index contributed by atoms with van der Waals surface area (Å²) in [5.74, 6) is 0.763. The lowest BCUT2D eigenvalue weighted by Gasteiger charge is -2.21. The largest absolute Gasteiger partial charge is 0.371 e. The maximum atomic E-state index is 4.50. The molecule has 5 heteroatoms. The molecule has 1 fully saturated rings. The minimum absolute atomic E-state index is 0.763. The number of pyridine rings is 1. The van der Waals surface area contributed by atoms with Crippen LogP contribution in [0.25, 0.3) is 11.0 Å². The summed E-state index contributed by atoms with van der Waals surface area (Å²) in [6.07, 6.45) is 6.02. The van der Waals surface area contributed by atoms with Gasteiger partial charge in [-0.3, -0.25) is 15.0 Å². The highest BCUT2D eigenvalue weighted by Gasteiger charge is 2.23. The van der Waals surface area contributed by atoms with Gasteiger partial charge in [-0.1, -0.05) is 6.07 Å². The zero-order valence-electron chi connectivity index (χ0n) is 17.1. The highest BCUT2D eigenvalue weighted by molar-refractivity contribution is 5.74. The fourth-order valence-corrected chi connectivity index (χ4v) is 4.20. The molecule has 0 aliphatic carbocycles. The highest BCUT2D eigenvalue weighted by atomic mass is 15.2. The van der Waals surface area contributed by atoms with Crippen molar-refractivity contribution in [3.63, 3.8) is 0 Å². The van der Waals surface area contributed by atoms with Crippen LogP contribution in [0.4, 0.5) is 5.69 Å². The molecule has 1 aliphatic rings. The van der Waals surface area contributed by atoms with E-state index in [2.05, 4.69) is 76.0 Å². The van der Waals surface area contributed by atoms with Gasteiger partial charge in [0.2, 0.25) is 0 Å². The lowest BCUT2D eigenvalue weighted by Crippen LogP contribution is -2.24. The lowest BCUT2D eigenvalue weighted by atomic mass is 10.0. The van der Waals surface area contributed by atoms with Crippen LogP contribution in [0.1, 0.15) is 29.8 Å². The van der Waals surface area contributed by atoms with Gasteiger partial charge in [-0.25, -0.2) is 0 Å². The smallest absolute Gasteiger partial charge is 0.0890 e. The van der Waals surface area contributed by atoms with Crippen LogP contribution in [0.5, 0.6) is 0 Å². The Morgan fingerprint density at radius 1 is 1.04 bits per heavy atom. The number of benzene rings is 1. The van der Waals surface area contributed by atoms with E-state index in [1.165, 1.54) is 24.1 Å². The van der Waals surface area contributed by atoms with E-state index in [1.807, 2.05) is 0 Å². The van der Waals surface area contributed by atoms with Crippen LogP contribution in [0.2, 0.25) is 0 Å². The Bertz CT molecular complexity index is 934. The summed E-state index contributed by atoms with van der Waals surface area (Å²) in [4.78, 5) is 18.2. The average Bonchev–Trinajstić information content (AvgIpc) is 3.15. The molecule has 146 valence electrons. The van der Waals surface area contributed by atoms with Crippen LogP contribution in [0.3, 0.4) is 0 Å². The Morgan fingerprint density at radius 3 is 2.57 bits per heavy atom. The molecule has 3 aromatic rings. The predicted molar refractivity (Wildman–Crippen MR) is 115 cm³/mol. The minimum atomic E-state index is 0.763. The quantitative estimate of drug-likeness (QED) is 0.652. The number of hydrogen-bond donors (Lipinski definition) is 0. The van der Waals surface area contributed by atoms with E-state index in [0.717, 1.165) is 54.5 Å². The summed E-state index contributed by atoms with van der Waals surface area (Å²) >= 11 is 0. The second kappa shape index (κ2) is 8.23. The van der Waals surface area contributed by atoms with Crippen molar-refractivity contribution < 1.29 is 0 Å². The Kier molecular flexibility index (Phi) is 5.53. The number of hydrogen-bond acceptors (Lipinski definition) is 5. The van der Waals surface area contributed by atoms with Crippen molar-refractivity contribution in [2.24, 2.45) is 5.92 Å². The molecule has 0 spiro atoms. The van der Waals surface area contributed by atoms with Gasteiger partial charge >= 0.3 is 0 Å². The van der Waals surface area contributed by atoms with Gasteiger partial charge < -0.3 is 9.80 Å². The number of nitrogens with zero attached hydrogens (tertiary/aromatic N) is 5. The summed E-state index contributed by atoms with van der Waals surface area (Å²) in [5, 5.41) is 0. The summed E-state index contributed by atoms with van der Waals surface area (Å²) in [6, 6.07) is 10.8. The molecule has 0 bridgehead atoms. The number of aromatic nitrogens is 3. The molecule has 5 nitrogen and oxygen atoms in total. The Labute approximate surface area is 167 Å². The molecular formula is C23H29N5. The molecule has 1 unspecified atom stereocenters. The van der Waals surface area contributed by atoms with Crippen molar-refractivity contribution in [3.05, 3.63) is 59.7 Å².